The number of carbonyl (C=O) groups excluding carboxylic acids is 1. The first kappa shape index (κ1) is 23.5. The number of hydrogen-bond acceptors (Lipinski definition) is 3. The van der Waals surface area contributed by atoms with Crippen molar-refractivity contribution in [3.8, 4) is 22.3 Å². The average Bonchev–Trinajstić information content (AvgIpc) is 3.10. The molecule has 0 bridgehead atoms. The number of aryl methyl sites for hydroxylation is 1. The van der Waals surface area contributed by atoms with Gasteiger partial charge in [-0.1, -0.05) is 54.1 Å². The molecule has 178 valence electrons. The van der Waals surface area contributed by atoms with Crippen LogP contribution in [0.4, 0.5) is 5.69 Å². The lowest BCUT2D eigenvalue weighted by Crippen LogP contribution is -2.20. The van der Waals surface area contributed by atoms with Gasteiger partial charge >= 0.3 is 5.97 Å². The van der Waals surface area contributed by atoms with Gasteiger partial charge in [-0.3, -0.25) is 14.6 Å². The predicted molar refractivity (Wildman–Crippen MR) is 144 cm³/mol. The number of pyridine rings is 1. The number of hydrogen-bond donors (Lipinski definition) is 1. The molecule has 1 amide bonds. The number of rotatable bonds is 5. The Hall–Kier alpha value is -4.22. The quantitative estimate of drug-likeness (QED) is 0.320. The first-order valence-corrected chi connectivity index (χ1v) is 11.9. The van der Waals surface area contributed by atoms with Crippen LogP contribution >= 0.6 is 11.6 Å². The Morgan fingerprint density at radius 2 is 1.61 bits per heavy atom. The number of aromatic nitrogens is 1. The van der Waals surface area contributed by atoms with Crippen LogP contribution in [0.1, 0.15) is 22.3 Å². The molecule has 0 atom stereocenters. The van der Waals surface area contributed by atoms with Crippen molar-refractivity contribution in [2.24, 2.45) is 0 Å². The number of halogens is 1. The number of anilines is 1. The van der Waals surface area contributed by atoms with Crippen LogP contribution in [0.25, 0.3) is 33.9 Å². The summed E-state index contributed by atoms with van der Waals surface area (Å²) in [6.07, 6.45) is 5.28. The third-order valence-electron chi connectivity index (χ3n) is 6.51. The molecule has 0 aliphatic carbocycles. The minimum atomic E-state index is -0.890. The number of carboxylic acid groups (broad SMARTS) is 1. The fraction of sp³-hybridized carbons (Fsp3) is 0.100. The van der Waals surface area contributed by atoms with Gasteiger partial charge in [0.15, 0.2) is 0 Å². The molecule has 0 saturated heterocycles. The second kappa shape index (κ2) is 9.44. The Morgan fingerprint density at radius 3 is 2.31 bits per heavy atom. The van der Waals surface area contributed by atoms with Gasteiger partial charge in [0.2, 0.25) is 0 Å². The second-order valence-corrected chi connectivity index (χ2v) is 9.25. The van der Waals surface area contributed by atoms with Crippen LogP contribution in [-0.2, 0) is 16.0 Å². The minimum absolute atomic E-state index is 0.0669. The third-order valence-corrected chi connectivity index (χ3v) is 6.82. The van der Waals surface area contributed by atoms with Crippen LogP contribution < -0.4 is 4.90 Å². The fourth-order valence-corrected chi connectivity index (χ4v) is 4.78. The van der Waals surface area contributed by atoms with Crippen LogP contribution in [0.2, 0.25) is 5.02 Å². The maximum absolute atomic E-state index is 13.2. The van der Waals surface area contributed by atoms with Crippen molar-refractivity contribution in [1.29, 1.82) is 0 Å². The molecule has 3 aromatic carbocycles. The molecule has 5 nitrogen and oxygen atoms in total. The van der Waals surface area contributed by atoms with E-state index >= 15 is 0 Å². The number of aliphatic carboxylic acids is 1. The number of carbonyl (C=O) groups is 2. The van der Waals surface area contributed by atoms with Crippen LogP contribution in [0.5, 0.6) is 0 Å². The van der Waals surface area contributed by atoms with E-state index in [-0.39, 0.29) is 12.3 Å². The molecule has 0 unspecified atom stereocenters. The van der Waals surface area contributed by atoms with E-state index in [2.05, 4.69) is 4.98 Å². The van der Waals surface area contributed by atoms with Crippen molar-refractivity contribution in [3.05, 3.63) is 106 Å². The largest absolute Gasteiger partial charge is 0.481 e. The molecule has 1 aliphatic heterocycles. The summed E-state index contributed by atoms with van der Waals surface area (Å²) in [4.78, 5) is 30.1. The Kier molecular flexibility index (Phi) is 6.17. The predicted octanol–water partition coefficient (Wildman–Crippen LogP) is 6.52. The van der Waals surface area contributed by atoms with E-state index in [1.807, 2.05) is 79.7 Å². The van der Waals surface area contributed by atoms with Crippen molar-refractivity contribution in [1.82, 2.24) is 4.98 Å². The molecule has 5 rings (SSSR count). The van der Waals surface area contributed by atoms with Crippen LogP contribution in [0, 0.1) is 6.92 Å². The van der Waals surface area contributed by atoms with Gasteiger partial charge in [0.1, 0.15) is 0 Å². The zero-order valence-electron chi connectivity index (χ0n) is 19.8. The van der Waals surface area contributed by atoms with Gasteiger partial charge in [-0.2, -0.15) is 0 Å². The van der Waals surface area contributed by atoms with Gasteiger partial charge < -0.3 is 10.0 Å². The number of amides is 1. The van der Waals surface area contributed by atoms with Crippen molar-refractivity contribution < 1.29 is 14.7 Å². The zero-order valence-corrected chi connectivity index (χ0v) is 20.6. The van der Waals surface area contributed by atoms with Gasteiger partial charge in [0, 0.05) is 36.1 Å². The highest BCUT2D eigenvalue weighted by atomic mass is 35.5. The molecular formula is C30H23ClN2O3. The van der Waals surface area contributed by atoms with E-state index in [0.717, 1.165) is 50.2 Å². The summed E-state index contributed by atoms with van der Waals surface area (Å²) in [6, 6.07) is 21.4. The summed E-state index contributed by atoms with van der Waals surface area (Å²) in [5.74, 6) is -1.02. The molecular weight excluding hydrogens is 472 g/mol. The lowest BCUT2D eigenvalue weighted by Gasteiger charge is -2.12. The maximum Gasteiger partial charge on any atom is 0.307 e. The van der Waals surface area contributed by atoms with Crippen molar-refractivity contribution in [3.63, 3.8) is 0 Å². The van der Waals surface area contributed by atoms with Crippen molar-refractivity contribution in [2.45, 2.75) is 13.3 Å². The number of benzene rings is 3. The van der Waals surface area contributed by atoms with E-state index in [1.54, 1.807) is 24.3 Å². The number of likely N-dealkylation sites (N-methyl/N-ethyl adjacent to an activating group) is 1. The summed E-state index contributed by atoms with van der Waals surface area (Å²) in [7, 11) is 1.73. The monoisotopic (exact) mass is 494 g/mol. The third kappa shape index (κ3) is 4.41. The standard InChI is InChI=1S/C30H23ClN2O3/c1-18-3-4-19(13-23(18)15-29(34)35)14-26-25-16-24(27(31)17-28(25)33(2)30(26)36)22-7-5-20(6-8-22)21-9-11-32-12-10-21/h3-14,16-17H,15H2,1-2H3,(H,34,35). The van der Waals surface area contributed by atoms with Gasteiger partial charge in [-0.05, 0) is 70.6 Å². The Morgan fingerprint density at radius 1 is 0.944 bits per heavy atom. The van der Waals surface area contributed by atoms with Crippen molar-refractivity contribution >= 4 is 40.8 Å². The molecule has 1 N–H and O–H groups in total. The average molecular weight is 495 g/mol. The molecule has 6 heteroatoms. The van der Waals surface area contributed by atoms with E-state index in [9.17, 15) is 14.7 Å². The Labute approximate surface area is 214 Å². The van der Waals surface area contributed by atoms with Gasteiger partial charge in [0.05, 0.1) is 17.1 Å². The number of fused-ring (bicyclic) bond motifs is 1. The van der Waals surface area contributed by atoms with Gasteiger partial charge in [0.25, 0.3) is 5.91 Å². The molecule has 0 fully saturated rings. The van der Waals surface area contributed by atoms with Gasteiger partial charge in [-0.25, -0.2) is 0 Å². The zero-order chi connectivity index (χ0) is 25.4. The minimum Gasteiger partial charge on any atom is -0.481 e. The lowest BCUT2D eigenvalue weighted by atomic mass is 9.96. The summed E-state index contributed by atoms with van der Waals surface area (Å²) in [5.41, 5.74) is 8.42. The SMILES string of the molecule is Cc1ccc(C=C2C(=O)N(C)c3cc(Cl)c(-c4ccc(-c5ccncc5)cc4)cc32)cc1CC(=O)O. The normalized spacial score (nSPS) is 13.8. The summed E-state index contributed by atoms with van der Waals surface area (Å²) in [6.45, 7) is 1.88. The first-order valence-electron chi connectivity index (χ1n) is 11.5. The molecule has 1 aliphatic rings. The van der Waals surface area contributed by atoms with Crippen molar-refractivity contribution in [2.75, 3.05) is 11.9 Å². The molecule has 4 aromatic rings. The fourth-order valence-electron chi connectivity index (χ4n) is 4.51. The first-order chi connectivity index (χ1) is 17.3. The Bertz CT molecular complexity index is 1530. The maximum atomic E-state index is 13.2. The van der Waals surface area contributed by atoms with Crippen LogP contribution in [0.3, 0.4) is 0 Å². The summed E-state index contributed by atoms with van der Waals surface area (Å²) >= 11 is 6.69. The lowest BCUT2D eigenvalue weighted by molar-refractivity contribution is -0.136. The van der Waals surface area contributed by atoms with Crippen LogP contribution in [0.15, 0.2) is 79.1 Å². The second-order valence-electron chi connectivity index (χ2n) is 8.84. The topological polar surface area (TPSA) is 70.5 Å². The molecule has 1 aromatic heterocycles. The molecule has 2 heterocycles. The number of carboxylic acids is 1. The molecule has 36 heavy (non-hydrogen) atoms. The molecule has 0 spiro atoms. The Balaban J connectivity index is 1.56. The van der Waals surface area contributed by atoms with E-state index < -0.39 is 5.97 Å². The molecule has 0 saturated carbocycles. The highest BCUT2D eigenvalue weighted by molar-refractivity contribution is 6.38. The van der Waals surface area contributed by atoms with Crippen LogP contribution in [-0.4, -0.2) is 29.0 Å². The van der Waals surface area contributed by atoms with Gasteiger partial charge in [-0.15, -0.1) is 0 Å². The van der Waals surface area contributed by atoms with E-state index in [0.29, 0.717) is 10.6 Å². The number of nitrogens with zero attached hydrogens (tertiary/aromatic N) is 2. The highest BCUT2D eigenvalue weighted by Crippen LogP contribution is 2.43. The molecule has 0 radical (unpaired) electrons. The highest BCUT2D eigenvalue weighted by Gasteiger charge is 2.31. The van der Waals surface area contributed by atoms with E-state index in [1.165, 1.54) is 0 Å². The summed E-state index contributed by atoms with van der Waals surface area (Å²) < 4.78 is 0. The smallest absolute Gasteiger partial charge is 0.307 e. The van der Waals surface area contributed by atoms with E-state index in [4.69, 9.17) is 11.6 Å². The summed E-state index contributed by atoms with van der Waals surface area (Å²) in [5, 5.41) is 9.79.